The highest BCUT2D eigenvalue weighted by Gasteiger charge is 2.08. The molecular weight excluding hydrogens is 218 g/mol. The summed E-state index contributed by atoms with van der Waals surface area (Å²) in [6, 6.07) is 17.3. The standard InChI is InChI=1S/C17H21N/c1-3-7-14-8-6-9-15(12-14)17-11-5-4-10-16(17)13(2)18/h4-6,8-13H,3,7,18H2,1-2H3. The summed E-state index contributed by atoms with van der Waals surface area (Å²) in [6.07, 6.45) is 2.31. The van der Waals surface area contributed by atoms with E-state index in [1.165, 1.54) is 28.7 Å². The molecule has 1 heteroatoms. The number of benzene rings is 2. The maximum absolute atomic E-state index is 6.05. The van der Waals surface area contributed by atoms with Crippen LogP contribution in [0.4, 0.5) is 0 Å². The topological polar surface area (TPSA) is 26.0 Å². The molecule has 94 valence electrons. The van der Waals surface area contributed by atoms with Gasteiger partial charge in [0.1, 0.15) is 0 Å². The first-order valence-electron chi connectivity index (χ1n) is 6.66. The van der Waals surface area contributed by atoms with Crippen molar-refractivity contribution in [1.82, 2.24) is 0 Å². The van der Waals surface area contributed by atoms with Gasteiger partial charge < -0.3 is 5.73 Å². The highest BCUT2D eigenvalue weighted by Crippen LogP contribution is 2.27. The first-order chi connectivity index (χ1) is 8.72. The molecule has 1 unspecified atom stereocenters. The molecule has 0 aliphatic carbocycles. The highest BCUT2D eigenvalue weighted by molar-refractivity contribution is 5.68. The van der Waals surface area contributed by atoms with Crippen molar-refractivity contribution in [1.29, 1.82) is 0 Å². The second-order valence-corrected chi connectivity index (χ2v) is 4.83. The molecule has 0 saturated heterocycles. The van der Waals surface area contributed by atoms with Crippen LogP contribution in [-0.2, 0) is 6.42 Å². The highest BCUT2D eigenvalue weighted by atomic mass is 14.6. The lowest BCUT2D eigenvalue weighted by molar-refractivity contribution is 0.820. The van der Waals surface area contributed by atoms with Gasteiger partial charge in [0.05, 0.1) is 0 Å². The quantitative estimate of drug-likeness (QED) is 0.844. The van der Waals surface area contributed by atoms with Gasteiger partial charge in [-0.3, -0.25) is 0 Å². The number of aryl methyl sites for hydroxylation is 1. The Bertz CT molecular complexity index is 515. The van der Waals surface area contributed by atoms with Gasteiger partial charge in [0.25, 0.3) is 0 Å². The minimum atomic E-state index is 0.0658. The van der Waals surface area contributed by atoms with Crippen LogP contribution in [0.1, 0.15) is 37.4 Å². The average molecular weight is 239 g/mol. The van der Waals surface area contributed by atoms with Crippen LogP contribution in [0.3, 0.4) is 0 Å². The molecule has 0 aliphatic heterocycles. The maximum atomic E-state index is 6.05. The Labute approximate surface area is 110 Å². The van der Waals surface area contributed by atoms with Gasteiger partial charge >= 0.3 is 0 Å². The molecule has 0 aromatic heterocycles. The predicted molar refractivity (Wildman–Crippen MR) is 78.5 cm³/mol. The summed E-state index contributed by atoms with van der Waals surface area (Å²) in [5, 5.41) is 0. The number of nitrogens with two attached hydrogens (primary N) is 1. The van der Waals surface area contributed by atoms with Crippen molar-refractivity contribution in [3.8, 4) is 11.1 Å². The molecule has 1 atom stereocenters. The van der Waals surface area contributed by atoms with E-state index in [0.717, 1.165) is 6.42 Å². The predicted octanol–water partition coefficient (Wildman–Crippen LogP) is 4.33. The van der Waals surface area contributed by atoms with Gasteiger partial charge in [-0.15, -0.1) is 0 Å². The third-order valence-electron chi connectivity index (χ3n) is 3.23. The molecule has 2 aromatic rings. The summed E-state index contributed by atoms with van der Waals surface area (Å²) in [7, 11) is 0. The Morgan fingerprint density at radius 1 is 1.06 bits per heavy atom. The Balaban J connectivity index is 2.45. The molecule has 1 nitrogen and oxygen atoms in total. The van der Waals surface area contributed by atoms with Crippen molar-refractivity contribution in [3.63, 3.8) is 0 Å². The molecule has 0 spiro atoms. The lowest BCUT2D eigenvalue weighted by Crippen LogP contribution is -2.06. The van der Waals surface area contributed by atoms with Gasteiger partial charge in [0, 0.05) is 6.04 Å². The number of hydrogen-bond donors (Lipinski definition) is 1. The molecular formula is C17H21N. The third-order valence-corrected chi connectivity index (χ3v) is 3.23. The molecule has 18 heavy (non-hydrogen) atoms. The first kappa shape index (κ1) is 12.8. The van der Waals surface area contributed by atoms with E-state index in [1.807, 2.05) is 6.92 Å². The Hall–Kier alpha value is -1.60. The molecule has 0 fully saturated rings. The van der Waals surface area contributed by atoms with Crippen LogP contribution in [0.25, 0.3) is 11.1 Å². The Kier molecular flexibility index (Phi) is 4.16. The van der Waals surface area contributed by atoms with Crippen LogP contribution in [-0.4, -0.2) is 0 Å². The third kappa shape index (κ3) is 2.80. The van der Waals surface area contributed by atoms with Gasteiger partial charge in [0.2, 0.25) is 0 Å². The molecule has 0 bridgehead atoms. The van der Waals surface area contributed by atoms with Crippen molar-refractivity contribution in [2.75, 3.05) is 0 Å². The molecule has 0 heterocycles. The van der Waals surface area contributed by atoms with Crippen molar-refractivity contribution in [2.45, 2.75) is 32.7 Å². The largest absolute Gasteiger partial charge is 0.324 e. The van der Waals surface area contributed by atoms with Crippen LogP contribution in [0.5, 0.6) is 0 Å². The summed E-state index contributed by atoms with van der Waals surface area (Å²) >= 11 is 0. The van der Waals surface area contributed by atoms with E-state index in [9.17, 15) is 0 Å². The van der Waals surface area contributed by atoms with Crippen LogP contribution in [0.15, 0.2) is 48.5 Å². The molecule has 2 N–H and O–H groups in total. The van der Waals surface area contributed by atoms with Crippen molar-refractivity contribution in [2.24, 2.45) is 5.73 Å². The summed E-state index contributed by atoms with van der Waals surface area (Å²) in [6.45, 7) is 4.25. The van der Waals surface area contributed by atoms with Gasteiger partial charge in [-0.1, -0.05) is 61.9 Å². The summed E-state index contributed by atoms with van der Waals surface area (Å²) < 4.78 is 0. The Morgan fingerprint density at radius 3 is 2.56 bits per heavy atom. The van der Waals surface area contributed by atoms with E-state index in [2.05, 4.69) is 55.5 Å². The number of rotatable bonds is 4. The monoisotopic (exact) mass is 239 g/mol. The molecule has 0 saturated carbocycles. The second kappa shape index (κ2) is 5.83. The molecule has 2 aromatic carbocycles. The number of hydrogen-bond acceptors (Lipinski definition) is 1. The minimum Gasteiger partial charge on any atom is -0.324 e. The molecule has 0 amide bonds. The van der Waals surface area contributed by atoms with Crippen LogP contribution >= 0.6 is 0 Å². The summed E-state index contributed by atoms with van der Waals surface area (Å²) in [5.41, 5.74) is 11.2. The van der Waals surface area contributed by atoms with Gasteiger partial charge in [-0.2, -0.15) is 0 Å². The second-order valence-electron chi connectivity index (χ2n) is 4.83. The van der Waals surface area contributed by atoms with E-state index in [4.69, 9.17) is 5.73 Å². The van der Waals surface area contributed by atoms with Gasteiger partial charge in [-0.05, 0) is 35.6 Å². The van der Waals surface area contributed by atoms with Crippen molar-refractivity contribution < 1.29 is 0 Å². The SMILES string of the molecule is CCCc1cccc(-c2ccccc2C(C)N)c1. The molecule has 0 aliphatic rings. The fraction of sp³-hybridized carbons (Fsp3) is 0.294. The van der Waals surface area contributed by atoms with Crippen LogP contribution in [0, 0.1) is 0 Å². The van der Waals surface area contributed by atoms with E-state index >= 15 is 0 Å². The van der Waals surface area contributed by atoms with E-state index in [0.29, 0.717) is 0 Å². The fourth-order valence-electron chi connectivity index (χ4n) is 2.34. The maximum Gasteiger partial charge on any atom is 0.0272 e. The van der Waals surface area contributed by atoms with E-state index in [1.54, 1.807) is 0 Å². The zero-order chi connectivity index (χ0) is 13.0. The lowest BCUT2D eigenvalue weighted by atomic mass is 9.94. The zero-order valence-electron chi connectivity index (χ0n) is 11.2. The molecule has 0 radical (unpaired) electrons. The van der Waals surface area contributed by atoms with E-state index in [-0.39, 0.29) is 6.04 Å². The summed E-state index contributed by atoms with van der Waals surface area (Å²) in [5.74, 6) is 0. The molecule has 2 rings (SSSR count). The van der Waals surface area contributed by atoms with Gasteiger partial charge in [-0.25, -0.2) is 0 Å². The first-order valence-corrected chi connectivity index (χ1v) is 6.66. The normalized spacial score (nSPS) is 12.4. The Morgan fingerprint density at radius 2 is 1.83 bits per heavy atom. The smallest absolute Gasteiger partial charge is 0.0272 e. The summed E-state index contributed by atoms with van der Waals surface area (Å²) in [4.78, 5) is 0. The fourth-order valence-corrected chi connectivity index (χ4v) is 2.34. The van der Waals surface area contributed by atoms with Gasteiger partial charge in [0.15, 0.2) is 0 Å². The lowest BCUT2D eigenvalue weighted by Gasteiger charge is -2.13. The van der Waals surface area contributed by atoms with Crippen molar-refractivity contribution >= 4 is 0 Å². The zero-order valence-corrected chi connectivity index (χ0v) is 11.2. The van der Waals surface area contributed by atoms with Crippen LogP contribution < -0.4 is 5.73 Å². The average Bonchev–Trinajstić information content (AvgIpc) is 2.39. The van der Waals surface area contributed by atoms with Crippen LogP contribution in [0.2, 0.25) is 0 Å². The van der Waals surface area contributed by atoms with E-state index < -0.39 is 0 Å². The minimum absolute atomic E-state index is 0.0658. The van der Waals surface area contributed by atoms with Crippen molar-refractivity contribution in [3.05, 3.63) is 59.7 Å².